The van der Waals surface area contributed by atoms with E-state index in [1.165, 1.54) is 0 Å². The fraction of sp³-hybridized carbons (Fsp3) is 0.667. The predicted octanol–water partition coefficient (Wildman–Crippen LogP) is 2.45. The van der Waals surface area contributed by atoms with Crippen molar-refractivity contribution in [3.8, 4) is 0 Å². The Labute approximate surface area is 115 Å². The fourth-order valence-electron chi connectivity index (χ4n) is 2.65. The Hall–Kier alpha value is -1.29. The van der Waals surface area contributed by atoms with Crippen LogP contribution in [0.5, 0.6) is 0 Å². The molecule has 0 spiro atoms. The number of carbonyl (C=O) groups is 1. The molecular formula is C15H24N2O2. The lowest BCUT2D eigenvalue weighted by molar-refractivity contribution is 0.0436. The third-order valence-electron chi connectivity index (χ3n) is 3.91. The van der Waals surface area contributed by atoms with Gasteiger partial charge in [0.2, 0.25) is 0 Å². The Morgan fingerprint density at radius 3 is 2.79 bits per heavy atom. The molecule has 1 atom stereocenters. The molecule has 0 bridgehead atoms. The van der Waals surface area contributed by atoms with E-state index in [4.69, 9.17) is 0 Å². The summed E-state index contributed by atoms with van der Waals surface area (Å²) in [6, 6.07) is 4.08. The molecule has 0 radical (unpaired) electrons. The van der Waals surface area contributed by atoms with Crippen LogP contribution in [0.15, 0.2) is 18.3 Å². The summed E-state index contributed by atoms with van der Waals surface area (Å²) in [5.41, 5.74) is 0.117. The van der Waals surface area contributed by atoms with Gasteiger partial charge in [0.1, 0.15) is 5.69 Å². The van der Waals surface area contributed by atoms with Crippen LogP contribution in [0.25, 0.3) is 0 Å². The van der Waals surface area contributed by atoms with Gasteiger partial charge in [-0.2, -0.15) is 0 Å². The van der Waals surface area contributed by atoms with Gasteiger partial charge in [-0.1, -0.05) is 0 Å². The predicted molar refractivity (Wildman–Crippen MR) is 75.2 cm³/mol. The third-order valence-corrected chi connectivity index (χ3v) is 3.91. The van der Waals surface area contributed by atoms with Crippen LogP contribution in [0.1, 0.15) is 56.6 Å². The quantitative estimate of drug-likeness (QED) is 0.891. The van der Waals surface area contributed by atoms with Gasteiger partial charge in [-0.15, -0.1) is 0 Å². The van der Waals surface area contributed by atoms with Gasteiger partial charge in [0, 0.05) is 25.3 Å². The normalized spacial score (nSPS) is 24.6. The standard InChI is InChI=1S/C15H24N2O2/c1-12(2)17-10-4-6-13(17)14(18)16-9-5-7-15(3,19)8-11-16/h4,6,10,12,19H,5,7-9,11H2,1-3H3. The first kappa shape index (κ1) is 14.1. The average molecular weight is 264 g/mol. The second-order valence-electron chi connectivity index (χ2n) is 6.04. The number of hydrogen-bond acceptors (Lipinski definition) is 2. The molecule has 1 aliphatic heterocycles. The van der Waals surface area contributed by atoms with Crippen molar-refractivity contribution in [3.05, 3.63) is 24.0 Å². The molecule has 2 heterocycles. The van der Waals surface area contributed by atoms with E-state index in [1.807, 2.05) is 34.7 Å². The lowest BCUT2D eigenvalue weighted by Crippen LogP contribution is -2.34. The van der Waals surface area contributed by atoms with E-state index in [2.05, 4.69) is 13.8 Å². The summed E-state index contributed by atoms with van der Waals surface area (Å²) in [6.45, 7) is 7.37. The molecule has 106 valence electrons. The molecule has 19 heavy (non-hydrogen) atoms. The molecule has 0 aliphatic carbocycles. The largest absolute Gasteiger partial charge is 0.390 e. The number of carbonyl (C=O) groups excluding carboxylic acids is 1. The smallest absolute Gasteiger partial charge is 0.270 e. The van der Waals surface area contributed by atoms with E-state index in [1.54, 1.807) is 0 Å². The van der Waals surface area contributed by atoms with Crippen molar-refractivity contribution in [1.29, 1.82) is 0 Å². The topological polar surface area (TPSA) is 45.5 Å². The van der Waals surface area contributed by atoms with Crippen molar-refractivity contribution < 1.29 is 9.90 Å². The highest BCUT2D eigenvalue weighted by Crippen LogP contribution is 2.23. The second-order valence-corrected chi connectivity index (χ2v) is 6.04. The van der Waals surface area contributed by atoms with Crippen molar-refractivity contribution in [2.24, 2.45) is 0 Å². The van der Waals surface area contributed by atoms with Crippen LogP contribution in [-0.2, 0) is 0 Å². The van der Waals surface area contributed by atoms with Gasteiger partial charge in [0.15, 0.2) is 0 Å². The van der Waals surface area contributed by atoms with Crippen molar-refractivity contribution in [1.82, 2.24) is 9.47 Å². The summed E-state index contributed by atoms with van der Waals surface area (Å²) in [4.78, 5) is 14.4. The van der Waals surface area contributed by atoms with Crippen LogP contribution in [0.4, 0.5) is 0 Å². The molecule has 1 saturated heterocycles. The van der Waals surface area contributed by atoms with Gasteiger partial charge >= 0.3 is 0 Å². The van der Waals surface area contributed by atoms with Gasteiger partial charge in [-0.3, -0.25) is 4.79 Å². The Bertz CT molecular complexity index is 449. The number of amides is 1. The maximum Gasteiger partial charge on any atom is 0.270 e. The summed E-state index contributed by atoms with van der Waals surface area (Å²) in [7, 11) is 0. The van der Waals surface area contributed by atoms with Crippen LogP contribution in [-0.4, -0.2) is 39.2 Å². The summed E-state index contributed by atoms with van der Waals surface area (Å²) >= 11 is 0. The van der Waals surface area contributed by atoms with E-state index in [0.29, 0.717) is 13.0 Å². The summed E-state index contributed by atoms with van der Waals surface area (Å²) < 4.78 is 2.01. The fourth-order valence-corrected chi connectivity index (χ4v) is 2.65. The monoisotopic (exact) mass is 264 g/mol. The molecule has 2 rings (SSSR count). The van der Waals surface area contributed by atoms with Crippen LogP contribution in [0, 0.1) is 0 Å². The molecule has 4 nitrogen and oxygen atoms in total. The third kappa shape index (κ3) is 3.18. The Morgan fingerprint density at radius 2 is 2.11 bits per heavy atom. The van der Waals surface area contributed by atoms with Gasteiger partial charge in [-0.05, 0) is 52.2 Å². The Balaban J connectivity index is 2.13. The first-order chi connectivity index (χ1) is 8.91. The lowest BCUT2D eigenvalue weighted by atomic mass is 9.98. The van der Waals surface area contributed by atoms with E-state index in [0.717, 1.165) is 25.1 Å². The number of hydrogen-bond donors (Lipinski definition) is 1. The highest BCUT2D eigenvalue weighted by atomic mass is 16.3. The number of likely N-dealkylation sites (tertiary alicyclic amines) is 1. The molecule has 0 saturated carbocycles. The summed E-state index contributed by atoms with van der Waals surface area (Å²) in [5.74, 6) is 0.0800. The zero-order chi connectivity index (χ0) is 14.0. The zero-order valence-electron chi connectivity index (χ0n) is 12.1. The minimum atomic E-state index is -0.630. The van der Waals surface area contributed by atoms with Crippen LogP contribution < -0.4 is 0 Å². The molecule has 1 N–H and O–H groups in total. The van der Waals surface area contributed by atoms with Crippen molar-refractivity contribution in [3.63, 3.8) is 0 Å². The average Bonchev–Trinajstić information content (AvgIpc) is 2.74. The zero-order valence-corrected chi connectivity index (χ0v) is 12.1. The van der Waals surface area contributed by atoms with Gasteiger partial charge in [0.05, 0.1) is 5.60 Å². The molecule has 0 aromatic carbocycles. The van der Waals surface area contributed by atoms with Crippen molar-refractivity contribution >= 4 is 5.91 Å². The first-order valence-electron chi connectivity index (χ1n) is 7.09. The molecule has 1 aromatic heterocycles. The Morgan fingerprint density at radius 1 is 1.37 bits per heavy atom. The highest BCUT2D eigenvalue weighted by Gasteiger charge is 2.28. The van der Waals surface area contributed by atoms with Gasteiger partial charge in [-0.25, -0.2) is 0 Å². The molecule has 1 aromatic rings. The van der Waals surface area contributed by atoms with E-state index in [-0.39, 0.29) is 11.9 Å². The van der Waals surface area contributed by atoms with Crippen LogP contribution >= 0.6 is 0 Å². The SMILES string of the molecule is CC(C)n1cccc1C(=O)N1CCCC(C)(O)CC1. The number of rotatable bonds is 2. The molecule has 1 fully saturated rings. The number of aliphatic hydroxyl groups is 1. The van der Waals surface area contributed by atoms with Crippen LogP contribution in [0.2, 0.25) is 0 Å². The minimum absolute atomic E-state index is 0.0800. The van der Waals surface area contributed by atoms with E-state index < -0.39 is 5.60 Å². The summed E-state index contributed by atoms with van der Waals surface area (Å²) in [6.07, 6.45) is 4.23. The summed E-state index contributed by atoms with van der Waals surface area (Å²) in [5, 5.41) is 10.1. The van der Waals surface area contributed by atoms with Gasteiger partial charge in [0.25, 0.3) is 5.91 Å². The number of nitrogens with zero attached hydrogens (tertiary/aromatic N) is 2. The first-order valence-corrected chi connectivity index (χ1v) is 7.09. The lowest BCUT2D eigenvalue weighted by Gasteiger charge is -2.23. The van der Waals surface area contributed by atoms with Gasteiger partial charge < -0.3 is 14.6 Å². The molecule has 1 unspecified atom stereocenters. The molecular weight excluding hydrogens is 240 g/mol. The molecule has 1 amide bonds. The van der Waals surface area contributed by atoms with E-state index >= 15 is 0 Å². The van der Waals surface area contributed by atoms with Crippen molar-refractivity contribution in [2.45, 2.75) is 51.7 Å². The second kappa shape index (κ2) is 5.37. The maximum absolute atomic E-state index is 12.6. The van der Waals surface area contributed by atoms with Crippen molar-refractivity contribution in [2.75, 3.05) is 13.1 Å². The molecule has 4 heteroatoms. The van der Waals surface area contributed by atoms with Crippen LogP contribution in [0.3, 0.4) is 0 Å². The molecule has 1 aliphatic rings. The number of aromatic nitrogens is 1. The van der Waals surface area contributed by atoms with E-state index in [9.17, 15) is 9.90 Å². The maximum atomic E-state index is 12.6. The Kier molecular flexibility index (Phi) is 3.99. The minimum Gasteiger partial charge on any atom is -0.390 e. The highest BCUT2D eigenvalue weighted by molar-refractivity contribution is 5.92.